The first-order valence-electron chi connectivity index (χ1n) is 8.74. The maximum Gasteiger partial charge on any atom is 0.173 e. The number of halogens is 2. The van der Waals surface area contributed by atoms with Crippen LogP contribution < -0.4 is 0 Å². The van der Waals surface area contributed by atoms with Crippen LogP contribution in [0.2, 0.25) is 0 Å². The van der Waals surface area contributed by atoms with Gasteiger partial charge in [-0.15, -0.1) is 0 Å². The number of benzene rings is 1. The molecule has 4 nitrogen and oxygen atoms in total. The van der Waals surface area contributed by atoms with Crippen LogP contribution in [0.1, 0.15) is 41.9 Å². The predicted octanol–water partition coefficient (Wildman–Crippen LogP) is 3.29. The molecule has 6 heteroatoms. The molecule has 2 aromatic rings. The van der Waals surface area contributed by atoms with Crippen LogP contribution in [0, 0.1) is 11.6 Å². The Hall–Kier alpha value is -2.21. The van der Waals surface area contributed by atoms with Crippen molar-refractivity contribution in [1.29, 1.82) is 0 Å². The van der Waals surface area contributed by atoms with Gasteiger partial charge in [-0.3, -0.25) is 9.89 Å². The minimum atomic E-state index is -0.806. The first-order valence-corrected chi connectivity index (χ1v) is 8.74. The van der Waals surface area contributed by atoms with Gasteiger partial charge in [-0.05, 0) is 37.0 Å². The molecule has 0 saturated carbocycles. The maximum atomic E-state index is 13.4. The molecule has 0 amide bonds. The second-order valence-corrected chi connectivity index (χ2v) is 6.66. The van der Waals surface area contributed by atoms with Gasteiger partial charge in [0, 0.05) is 44.4 Å². The number of rotatable bonds is 3. The summed E-state index contributed by atoms with van der Waals surface area (Å²) in [6.07, 6.45) is 5.99. The summed E-state index contributed by atoms with van der Waals surface area (Å²) in [4.78, 5) is 16.0. The van der Waals surface area contributed by atoms with Crippen molar-refractivity contribution in [3.05, 3.63) is 58.7 Å². The highest BCUT2D eigenvalue weighted by molar-refractivity contribution is 5.97. The van der Waals surface area contributed by atoms with Crippen molar-refractivity contribution < 1.29 is 8.78 Å². The Kier molecular flexibility index (Phi) is 4.53. The first kappa shape index (κ1) is 16.3. The summed E-state index contributed by atoms with van der Waals surface area (Å²) >= 11 is 0. The molecule has 1 aromatic carbocycles. The number of hydrogen-bond acceptors (Lipinski definition) is 4. The predicted molar refractivity (Wildman–Crippen MR) is 91.5 cm³/mol. The van der Waals surface area contributed by atoms with Crippen molar-refractivity contribution in [2.75, 3.05) is 13.1 Å². The van der Waals surface area contributed by atoms with Crippen LogP contribution in [0.15, 0.2) is 29.4 Å². The van der Waals surface area contributed by atoms with E-state index in [9.17, 15) is 8.78 Å². The molecular formula is C19H20F2N4. The summed E-state index contributed by atoms with van der Waals surface area (Å²) in [7, 11) is 0. The maximum absolute atomic E-state index is 13.4. The minimum absolute atomic E-state index is 0.588. The standard InChI is InChI=1S/C19H20F2N4/c20-15-5-4-13(9-16(15)21)11-25-8-6-17-14(12-25)10-23-19(24-17)18-3-1-2-7-22-18/h4-5,9-10H,1-3,6-8,11-12H2. The van der Waals surface area contributed by atoms with Gasteiger partial charge in [-0.1, -0.05) is 6.07 Å². The Morgan fingerprint density at radius 3 is 2.80 bits per heavy atom. The molecule has 3 heterocycles. The van der Waals surface area contributed by atoms with E-state index in [2.05, 4.69) is 14.9 Å². The molecule has 2 aliphatic heterocycles. The molecule has 0 radical (unpaired) electrons. The third kappa shape index (κ3) is 3.58. The average Bonchev–Trinajstić information content (AvgIpc) is 2.65. The fourth-order valence-electron chi connectivity index (χ4n) is 3.42. The molecule has 0 N–H and O–H groups in total. The van der Waals surface area contributed by atoms with E-state index in [0.717, 1.165) is 73.7 Å². The zero-order valence-corrected chi connectivity index (χ0v) is 14.0. The van der Waals surface area contributed by atoms with Gasteiger partial charge in [0.25, 0.3) is 0 Å². The van der Waals surface area contributed by atoms with Crippen molar-refractivity contribution >= 4 is 5.71 Å². The third-order valence-electron chi connectivity index (χ3n) is 4.79. The molecule has 0 fully saturated rings. The molecule has 2 aliphatic rings. The van der Waals surface area contributed by atoms with Crippen molar-refractivity contribution in [2.45, 2.75) is 38.8 Å². The quantitative estimate of drug-likeness (QED) is 0.859. The highest BCUT2D eigenvalue weighted by atomic mass is 19.2. The van der Waals surface area contributed by atoms with Crippen LogP contribution in [0.4, 0.5) is 8.78 Å². The van der Waals surface area contributed by atoms with Gasteiger partial charge in [-0.25, -0.2) is 18.7 Å². The zero-order valence-electron chi connectivity index (χ0n) is 14.0. The highest BCUT2D eigenvalue weighted by Crippen LogP contribution is 2.20. The molecule has 0 saturated heterocycles. The van der Waals surface area contributed by atoms with E-state index < -0.39 is 11.6 Å². The minimum Gasteiger partial charge on any atom is -0.294 e. The number of aromatic nitrogens is 2. The molecule has 1 aromatic heterocycles. The molecule has 4 rings (SSSR count). The van der Waals surface area contributed by atoms with Gasteiger partial charge in [0.05, 0.1) is 11.4 Å². The van der Waals surface area contributed by atoms with Crippen molar-refractivity contribution in [3.8, 4) is 0 Å². The van der Waals surface area contributed by atoms with Crippen LogP contribution in [0.25, 0.3) is 0 Å². The molecule has 130 valence electrons. The van der Waals surface area contributed by atoms with Gasteiger partial charge in [-0.2, -0.15) is 0 Å². The summed E-state index contributed by atoms with van der Waals surface area (Å²) in [5, 5.41) is 0. The summed E-state index contributed by atoms with van der Waals surface area (Å²) < 4.78 is 26.4. The van der Waals surface area contributed by atoms with E-state index in [1.54, 1.807) is 6.07 Å². The SMILES string of the molecule is Fc1ccc(CN2CCc3nc(C4=NCCCC4)ncc3C2)cc1F. The number of hydrogen-bond donors (Lipinski definition) is 0. The van der Waals surface area contributed by atoms with Crippen LogP contribution >= 0.6 is 0 Å². The Morgan fingerprint density at radius 1 is 1.08 bits per heavy atom. The average molecular weight is 342 g/mol. The van der Waals surface area contributed by atoms with Gasteiger partial charge >= 0.3 is 0 Å². The summed E-state index contributed by atoms with van der Waals surface area (Å²) in [6, 6.07) is 4.09. The van der Waals surface area contributed by atoms with E-state index in [1.807, 2.05) is 6.20 Å². The normalized spacial score (nSPS) is 17.9. The van der Waals surface area contributed by atoms with Gasteiger partial charge in [0.1, 0.15) is 0 Å². The lowest BCUT2D eigenvalue weighted by atomic mass is 10.0. The van der Waals surface area contributed by atoms with Crippen LogP contribution in [-0.2, 0) is 19.5 Å². The Morgan fingerprint density at radius 2 is 2.00 bits per heavy atom. The number of fused-ring (bicyclic) bond motifs is 1. The zero-order chi connectivity index (χ0) is 17.2. The fourth-order valence-corrected chi connectivity index (χ4v) is 3.42. The van der Waals surface area contributed by atoms with E-state index in [0.29, 0.717) is 6.54 Å². The van der Waals surface area contributed by atoms with Crippen LogP contribution in [-0.4, -0.2) is 33.7 Å². The second kappa shape index (κ2) is 6.96. The molecule has 0 spiro atoms. The fraction of sp³-hybridized carbons (Fsp3) is 0.421. The van der Waals surface area contributed by atoms with Crippen LogP contribution in [0.5, 0.6) is 0 Å². The van der Waals surface area contributed by atoms with Gasteiger partial charge < -0.3 is 0 Å². The van der Waals surface area contributed by atoms with Gasteiger partial charge in [0.2, 0.25) is 0 Å². The summed E-state index contributed by atoms with van der Waals surface area (Å²) in [5.41, 5.74) is 3.99. The van der Waals surface area contributed by atoms with Crippen LogP contribution in [0.3, 0.4) is 0 Å². The lowest BCUT2D eigenvalue weighted by molar-refractivity contribution is 0.242. The van der Waals surface area contributed by atoms with E-state index >= 15 is 0 Å². The number of nitrogens with zero attached hydrogens (tertiary/aromatic N) is 4. The van der Waals surface area contributed by atoms with Crippen molar-refractivity contribution in [3.63, 3.8) is 0 Å². The summed E-state index contributed by atoms with van der Waals surface area (Å²) in [6.45, 7) is 3.03. The van der Waals surface area contributed by atoms with Crippen molar-refractivity contribution in [1.82, 2.24) is 14.9 Å². The topological polar surface area (TPSA) is 41.4 Å². The lowest BCUT2D eigenvalue weighted by Crippen LogP contribution is -2.31. The first-order chi connectivity index (χ1) is 12.2. The molecule has 25 heavy (non-hydrogen) atoms. The Bertz CT molecular complexity index is 819. The van der Waals surface area contributed by atoms with E-state index in [4.69, 9.17) is 4.98 Å². The smallest absolute Gasteiger partial charge is 0.173 e. The number of aliphatic imine (C=N–C) groups is 1. The van der Waals surface area contributed by atoms with Crippen molar-refractivity contribution in [2.24, 2.45) is 4.99 Å². The second-order valence-electron chi connectivity index (χ2n) is 6.66. The van der Waals surface area contributed by atoms with Gasteiger partial charge in [0.15, 0.2) is 17.5 Å². The highest BCUT2D eigenvalue weighted by Gasteiger charge is 2.20. The Balaban J connectivity index is 1.48. The monoisotopic (exact) mass is 342 g/mol. The Labute approximate surface area is 145 Å². The molecule has 0 unspecified atom stereocenters. The molecule has 0 atom stereocenters. The van der Waals surface area contributed by atoms with E-state index in [1.165, 1.54) is 12.1 Å². The molecule has 0 bridgehead atoms. The lowest BCUT2D eigenvalue weighted by Gasteiger charge is -2.28. The molecular weight excluding hydrogens is 322 g/mol. The largest absolute Gasteiger partial charge is 0.294 e. The third-order valence-corrected chi connectivity index (χ3v) is 4.79. The van der Waals surface area contributed by atoms with E-state index in [-0.39, 0.29) is 0 Å². The summed E-state index contributed by atoms with van der Waals surface area (Å²) in [5.74, 6) is -0.831. The molecule has 0 aliphatic carbocycles.